The second kappa shape index (κ2) is 6.35. The van der Waals surface area contributed by atoms with E-state index in [4.69, 9.17) is 14.2 Å². The van der Waals surface area contributed by atoms with Crippen LogP contribution in [0.3, 0.4) is 0 Å². The molecule has 5 heteroatoms. The van der Waals surface area contributed by atoms with Crippen LogP contribution in [0.2, 0.25) is 0 Å². The zero-order valence-electron chi connectivity index (χ0n) is 13.1. The van der Waals surface area contributed by atoms with Gasteiger partial charge in [-0.15, -0.1) is 0 Å². The summed E-state index contributed by atoms with van der Waals surface area (Å²) in [4.78, 5) is 11.9. The van der Waals surface area contributed by atoms with E-state index in [0.717, 1.165) is 17.1 Å². The first kappa shape index (κ1) is 15.6. The van der Waals surface area contributed by atoms with E-state index in [1.807, 2.05) is 45.9 Å². The average Bonchev–Trinajstić information content (AvgIpc) is 2.84. The molecule has 1 atom stereocenters. The molecule has 116 valence electrons. The Labute approximate surface area is 125 Å². The highest BCUT2D eigenvalue weighted by Gasteiger charge is 2.21. The maximum Gasteiger partial charge on any atom is 0.310 e. The lowest BCUT2D eigenvalue weighted by Crippen LogP contribution is -2.32. The van der Waals surface area contributed by atoms with Crippen molar-refractivity contribution in [2.45, 2.75) is 39.8 Å². The monoisotopic (exact) mass is 293 g/mol. The van der Waals surface area contributed by atoms with Crippen LogP contribution in [0.15, 0.2) is 18.2 Å². The lowest BCUT2D eigenvalue weighted by Gasteiger charge is -2.22. The topological polar surface area (TPSA) is 56.8 Å². The van der Waals surface area contributed by atoms with Crippen molar-refractivity contribution in [3.05, 3.63) is 23.8 Å². The molecule has 0 unspecified atom stereocenters. The molecule has 1 heterocycles. The van der Waals surface area contributed by atoms with Gasteiger partial charge in [-0.3, -0.25) is 4.79 Å². The number of carbonyl (C=O) groups is 1. The second-order valence-electron chi connectivity index (χ2n) is 6.25. The van der Waals surface area contributed by atoms with E-state index >= 15 is 0 Å². The van der Waals surface area contributed by atoms with Gasteiger partial charge in [-0.05, 0) is 38.5 Å². The van der Waals surface area contributed by atoms with Gasteiger partial charge in [-0.1, -0.05) is 13.0 Å². The van der Waals surface area contributed by atoms with Crippen LogP contribution in [0, 0.1) is 5.92 Å². The molecule has 2 rings (SSSR count). The van der Waals surface area contributed by atoms with Crippen LogP contribution >= 0.6 is 0 Å². The number of hydrogen-bond acceptors (Lipinski definition) is 5. The van der Waals surface area contributed by atoms with Crippen molar-refractivity contribution in [1.29, 1.82) is 0 Å². The standard InChI is InChI=1S/C16H23NO4/c1-11(15(18)21-16(2,3)4)8-17-9-12-5-6-13-14(7-12)20-10-19-13/h5-7,11,17H,8-10H2,1-4H3/t11-/m1/s1. The maximum atomic E-state index is 11.9. The highest BCUT2D eigenvalue weighted by molar-refractivity contribution is 5.72. The van der Waals surface area contributed by atoms with Gasteiger partial charge in [0, 0.05) is 13.1 Å². The summed E-state index contributed by atoms with van der Waals surface area (Å²) in [5, 5.41) is 3.26. The van der Waals surface area contributed by atoms with E-state index in [1.54, 1.807) is 0 Å². The van der Waals surface area contributed by atoms with Gasteiger partial charge in [0.2, 0.25) is 6.79 Å². The lowest BCUT2D eigenvalue weighted by molar-refractivity contribution is -0.159. The van der Waals surface area contributed by atoms with Gasteiger partial charge in [0.1, 0.15) is 5.60 Å². The molecule has 0 aromatic heterocycles. The molecular weight excluding hydrogens is 270 g/mol. The summed E-state index contributed by atoms with van der Waals surface area (Å²) in [6.45, 7) is 9.00. The molecule has 0 radical (unpaired) electrons. The van der Waals surface area contributed by atoms with Gasteiger partial charge >= 0.3 is 5.97 Å². The molecule has 0 bridgehead atoms. The first-order valence-electron chi connectivity index (χ1n) is 7.17. The van der Waals surface area contributed by atoms with Crippen LogP contribution < -0.4 is 14.8 Å². The minimum atomic E-state index is -0.442. The number of rotatable bonds is 5. The number of nitrogens with one attached hydrogen (secondary N) is 1. The molecule has 0 aliphatic carbocycles. The summed E-state index contributed by atoms with van der Waals surface area (Å²) >= 11 is 0. The van der Waals surface area contributed by atoms with Gasteiger partial charge in [0.05, 0.1) is 5.92 Å². The summed E-state index contributed by atoms with van der Waals surface area (Å²) in [5.41, 5.74) is 0.651. The van der Waals surface area contributed by atoms with Gasteiger partial charge in [0.15, 0.2) is 11.5 Å². The Balaban J connectivity index is 1.77. The smallest absolute Gasteiger partial charge is 0.310 e. The predicted octanol–water partition coefficient (Wildman–Crippen LogP) is 2.48. The second-order valence-corrected chi connectivity index (χ2v) is 6.25. The van der Waals surface area contributed by atoms with E-state index in [9.17, 15) is 4.79 Å². The predicted molar refractivity (Wildman–Crippen MR) is 79.3 cm³/mol. The summed E-state index contributed by atoms with van der Waals surface area (Å²) in [5.74, 6) is 1.19. The van der Waals surface area contributed by atoms with E-state index in [1.165, 1.54) is 0 Å². The normalized spacial score (nSPS) is 14.9. The number of hydrogen-bond donors (Lipinski definition) is 1. The van der Waals surface area contributed by atoms with E-state index < -0.39 is 5.60 Å². The SMILES string of the molecule is C[C@H](CNCc1ccc2c(c1)OCO2)C(=O)OC(C)(C)C. The molecule has 0 amide bonds. The summed E-state index contributed by atoms with van der Waals surface area (Å²) in [7, 11) is 0. The molecular formula is C16H23NO4. The molecule has 0 fully saturated rings. The summed E-state index contributed by atoms with van der Waals surface area (Å²) in [6, 6.07) is 5.84. The third-order valence-corrected chi connectivity index (χ3v) is 3.03. The Morgan fingerprint density at radius 3 is 2.76 bits per heavy atom. The van der Waals surface area contributed by atoms with E-state index in [-0.39, 0.29) is 18.7 Å². The molecule has 0 saturated heterocycles. The molecule has 1 aromatic rings. The zero-order chi connectivity index (χ0) is 15.5. The fourth-order valence-corrected chi connectivity index (χ4v) is 1.97. The Bertz CT molecular complexity index is 507. The van der Waals surface area contributed by atoms with Crippen LogP contribution in [0.25, 0.3) is 0 Å². The largest absolute Gasteiger partial charge is 0.460 e. The Kier molecular flexibility index (Phi) is 4.73. The minimum Gasteiger partial charge on any atom is -0.460 e. The van der Waals surface area contributed by atoms with Gasteiger partial charge in [-0.2, -0.15) is 0 Å². The van der Waals surface area contributed by atoms with E-state index in [2.05, 4.69) is 5.32 Å². The van der Waals surface area contributed by atoms with Gasteiger partial charge in [0.25, 0.3) is 0 Å². The number of benzene rings is 1. The molecule has 5 nitrogen and oxygen atoms in total. The van der Waals surface area contributed by atoms with Crippen LogP contribution in [-0.4, -0.2) is 24.9 Å². The van der Waals surface area contributed by atoms with Crippen molar-refractivity contribution in [3.8, 4) is 11.5 Å². The summed E-state index contributed by atoms with van der Waals surface area (Å²) < 4.78 is 16.0. The molecule has 0 saturated carbocycles. The molecule has 1 aliphatic heterocycles. The van der Waals surface area contributed by atoms with Crippen molar-refractivity contribution in [2.24, 2.45) is 5.92 Å². The maximum absolute atomic E-state index is 11.9. The van der Waals surface area contributed by atoms with Crippen LogP contribution in [0.5, 0.6) is 11.5 Å². The van der Waals surface area contributed by atoms with Crippen LogP contribution in [0.1, 0.15) is 33.3 Å². The first-order valence-corrected chi connectivity index (χ1v) is 7.17. The third kappa shape index (κ3) is 4.63. The van der Waals surface area contributed by atoms with Gasteiger partial charge < -0.3 is 19.5 Å². The van der Waals surface area contributed by atoms with Crippen LogP contribution in [0.4, 0.5) is 0 Å². The quantitative estimate of drug-likeness (QED) is 0.845. The fourth-order valence-electron chi connectivity index (χ4n) is 1.97. The minimum absolute atomic E-state index is 0.180. The van der Waals surface area contributed by atoms with Crippen molar-refractivity contribution in [1.82, 2.24) is 5.32 Å². The third-order valence-electron chi connectivity index (χ3n) is 3.03. The summed E-state index contributed by atoms with van der Waals surface area (Å²) in [6.07, 6.45) is 0. The Morgan fingerprint density at radius 1 is 1.33 bits per heavy atom. The number of fused-ring (bicyclic) bond motifs is 1. The number of esters is 1. The number of carbonyl (C=O) groups excluding carboxylic acids is 1. The molecule has 1 aromatic carbocycles. The van der Waals surface area contributed by atoms with Crippen LogP contribution in [-0.2, 0) is 16.1 Å². The van der Waals surface area contributed by atoms with Crippen molar-refractivity contribution >= 4 is 5.97 Å². The highest BCUT2D eigenvalue weighted by Crippen LogP contribution is 2.32. The van der Waals surface area contributed by atoms with E-state index in [0.29, 0.717) is 13.1 Å². The molecule has 1 aliphatic rings. The van der Waals surface area contributed by atoms with Crippen molar-refractivity contribution in [3.63, 3.8) is 0 Å². The van der Waals surface area contributed by atoms with Crippen molar-refractivity contribution in [2.75, 3.05) is 13.3 Å². The Hall–Kier alpha value is -1.75. The molecule has 0 spiro atoms. The molecule has 21 heavy (non-hydrogen) atoms. The highest BCUT2D eigenvalue weighted by atomic mass is 16.7. The molecule has 1 N–H and O–H groups in total. The van der Waals surface area contributed by atoms with Gasteiger partial charge in [-0.25, -0.2) is 0 Å². The zero-order valence-corrected chi connectivity index (χ0v) is 13.1. The lowest BCUT2D eigenvalue weighted by atomic mass is 10.1. The Morgan fingerprint density at radius 2 is 2.05 bits per heavy atom. The fraction of sp³-hybridized carbons (Fsp3) is 0.562. The first-order chi connectivity index (χ1) is 9.85. The van der Waals surface area contributed by atoms with Crippen molar-refractivity contribution < 1.29 is 19.0 Å². The average molecular weight is 293 g/mol. The number of ether oxygens (including phenoxy) is 3.